The lowest BCUT2D eigenvalue weighted by molar-refractivity contribution is -0.143. The van der Waals surface area contributed by atoms with Crippen molar-refractivity contribution in [3.8, 4) is 11.1 Å². The van der Waals surface area contributed by atoms with Crippen molar-refractivity contribution in [3.63, 3.8) is 0 Å². The fraction of sp³-hybridized carbons (Fsp3) is 0.423. The van der Waals surface area contributed by atoms with E-state index in [2.05, 4.69) is 34.9 Å². The minimum atomic E-state index is -1.17. The van der Waals surface area contributed by atoms with Crippen molar-refractivity contribution < 1.29 is 29.3 Å². The van der Waals surface area contributed by atoms with E-state index >= 15 is 0 Å². The number of aliphatic hydroxyl groups excluding tert-OH is 1. The predicted molar refractivity (Wildman–Crippen MR) is 125 cm³/mol. The molecule has 0 bridgehead atoms. The fourth-order valence-electron chi connectivity index (χ4n) is 5.04. The topological polar surface area (TPSA) is 125 Å². The number of hydrogen-bond acceptors (Lipinski definition) is 5. The summed E-state index contributed by atoms with van der Waals surface area (Å²) < 4.78 is 5.61. The number of carbonyl (C=O) groups excluding carboxylic acids is 2. The van der Waals surface area contributed by atoms with Gasteiger partial charge in [-0.3, -0.25) is 4.79 Å². The number of aliphatic hydroxyl groups is 1. The lowest BCUT2D eigenvalue weighted by Crippen LogP contribution is -2.47. The Kier molecular flexibility index (Phi) is 7.47. The molecule has 1 fully saturated rings. The maximum Gasteiger partial charge on any atom is 0.407 e. The first-order valence-corrected chi connectivity index (χ1v) is 11.7. The Morgan fingerprint density at radius 3 is 2.26 bits per heavy atom. The molecule has 2 unspecified atom stereocenters. The molecule has 8 nitrogen and oxygen atoms in total. The van der Waals surface area contributed by atoms with Gasteiger partial charge in [0.25, 0.3) is 0 Å². The number of fused-ring (bicyclic) bond motifs is 3. The van der Waals surface area contributed by atoms with Crippen LogP contribution in [0, 0.1) is 5.92 Å². The van der Waals surface area contributed by atoms with Crippen LogP contribution < -0.4 is 10.6 Å². The van der Waals surface area contributed by atoms with Crippen LogP contribution in [0.4, 0.5) is 4.79 Å². The van der Waals surface area contributed by atoms with Gasteiger partial charge in [-0.05, 0) is 41.5 Å². The largest absolute Gasteiger partial charge is 0.480 e. The van der Waals surface area contributed by atoms with Crippen molar-refractivity contribution in [1.82, 2.24) is 10.6 Å². The number of ether oxygens (including phenoxy) is 1. The highest BCUT2D eigenvalue weighted by Gasteiger charge is 2.32. The average Bonchev–Trinajstić information content (AvgIpc) is 3.16. The first kappa shape index (κ1) is 23.8. The molecule has 2 aromatic carbocycles. The number of aliphatic carboxylic acids is 1. The maximum absolute atomic E-state index is 12.6. The number of rotatable bonds is 8. The van der Waals surface area contributed by atoms with E-state index in [1.807, 2.05) is 24.3 Å². The summed E-state index contributed by atoms with van der Waals surface area (Å²) in [6.07, 6.45) is 1.95. The monoisotopic (exact) mass is 466 g/mol. The Balaban J connectivity index is 1.31. The Bertz CT molecular complexity index is 1010. The number of amides is 2. The Labute approximate surface area is 198 Å². The minimum Gasteiger partial charge on any atom is -0.480 e. The second kappa shape index (κ2) is 10.7. The van der Waals surface area contributed by atoms with Gasteiger partial charge in [-0.25, -0.2) is 9.59 Å². The van der Waals surface area contributed by atoms with Gasteiger partial charge in [0.05, 0.1) is 0 Å². The summed E-state index contributed by atoms with van der Waals surface area (Å²) >= 11 is 0. The molecule has 3 atom stereocenters. The predicted octanol–water partition coefficient (Wildman–Crippen LogP) is 3.04. The highest BCUT2D eigenvalue weighted by Crippen LogP contribution is 2.44. The molecule has 34 heavy (non-hydrogen) atoms. The van der Waals surface area contributed by atoms with E-state index in [9.17, 15) is 19.5 Å². The smallest absolute Gasteiger partial charge is 0.407 e. The highest BCUT2D eigenvalue weighted by atomic mass is 16.5. The zero-order valence-corrected chi connectivity index (χ0v) is 18.9. The SMILES string of the molecule is O=C(NC1CCCC(C(=O)N[C@@H](CCO)C(=O)O)C1)OCC1c2ccccc2-c2ccccc21. The Morgan fingerprint density at radius 2 is 1.65 bits per heavy atom. The van der Waals surface area contributed by atoms with E-state index in [0.717, 1.165) is 35.1 Å². The van der Waals surface area contributed by atoms with Gasteiger partial charge in [0.2, 0.25) is 5.91 Å². The summed E-state index contributed by atoms with van der Waals surface area (Å²) in [7, 11) is 0. The lowest BCUT2D eigenvalue weighted by Gasteiger charge is -2.29. The van der Waals surface area contributed by atoms with Crippen LogP contribution in [-0.4, -0.2) is 53.5 Å². The summed E-state index contributed by atoms with van der Waals surface area (Å²) in [5.74, 6) is -1.96. The summed E-state index contributed by atoms with van der Waals surface area (Å²) in [6, 6.07) is 14.9. The number of carbonyl (C=O) groups is 3. The number of benzene rings is 2. The molecule has 0 radical (unpaired) electrons. The maximum atomic E-state index is 12.6. The molecule has 2 aliphatic carbocycles. The number of hydrogen-bond donors (Lipinski definition) is 4. The van der Waals surface area contributed by atoms with Crippen LogP contribution in [0.2, 0.25) is 0 Å². The van der Waals surface area contributed by atoms with E-state index < -0.39 is 24.0 Å². The van der Waals surface area contributed by atoms with Crippen molar-refractivity contribution >= 4 is 18.0 Å². The van der Waals surface area contributed by atoms with Crippen LogP contribution in [0.25, 0.3) is 11.1 Å². The fourth-order valence-corrected chi connectivity index (χ4v) is 5.04. The van der Waals surface area contributed by atoms with Crippen LogP contribution in [0.1, 0.15) is 49.1 Å². The van der Waals surface area contributed by atoms with Crippen molar-refractivity contribution in [2.24, 2.45) is 5.92 Å². The van der Waals surface area contributed by atoms with E-state index in [4.69, 9.17) is 9.84 Å². The minimum absolute atomic E-state index is 0.0255. The first-order chi connectivity index (χ1) is 16.5. The van der Waals surface area contributed by atoms with E-state index in [1.54, 1.807) is 0 Å². The molecule has 8 heteroatoms. The molecule has 0 aliphatic heterocycles. The van der Waals surface area contributed by atoms with E-state index in [1.165, 1.54) is 0 Å². The number of carboxylic acid groups (broad SMARTS) is 1. The molecule has 1 saturated carbocycles. The zero-order valence-electron chi connectivity index (χ0n) is 18.9. The first-order valence-electron chi connectivity index (χ1n) is 11.7. The molecule has 2 aromatic rings. The third-order valence-corrected chi connectivity index (χ3v) is 6.74. The molecule has 4 rings (SSSR count). The van der Waals surface area contributed by atoms with E-state index in [0.29, 0.717) is 12.8 Å². The summed E-state index contributed by atoms with van der Waals surface area (Å²) in [5.41, 5.74) is 4.60. The summed E-state index contributed by atoms with van der Waals surface area (Å²) in [5, 5.41) is 23.6. The zero-order chi connectivity index (χ0) is 24.1. The molecule has 4 N–H and O–H groups in total. The van der Waals surface area contributed by atoms with Crippen LogP contribution in [0.15, 0.2) is 48.5 Å². The quantitative estimate of drug-likeness (QED) is 0.474. The molecule has 180 valence electrons. The molecule has 2 amide bonds. The molecule has 0 heterocycles. The van der Waals surface area contributed by atoms with E-state index in [-0.39, 0.29) is 37.5 Å². The molecule has 0 aromatic heterocycles. The second-order valence-electron chi connectivity index (χ2n) is 8.94. The van der Waals surface area contributed by atoms with Gasteiger partial charge in [0.1, 0.15) is 12.6 Å². The van der Waals surface area contributed by atoms with Gasteiger partial charge in [-0.2, -0.15) is 0 Å². The summed E-state index contributed by atoms with van der Waals surface area (Å²) in [6.45, 7) is -0.105. The van der Waals surface area contributed by atoms with Crippen molar-refractivity contribution in [1.29, 1.82) is 0 Å². The van der Waals surface area contributed by atoms with Gasteiger partial charge in [-0.1, -0.05) is 55.0 Å². The molecule has 2 aliphatic rings. The van der Waals surface area contributed by atoms with Gasteiger partial charge >= 0.3 is 12.1 Å². The molecule has 0 spiro atoms. The summed E-state index contributed by atoms with van der Waals surface area (Å²) in [4.78, 5) is 36.4. The third-order valence-electron chi connectivity index (χ3n) is 6.74. The number of carboxylic acids is 1. The number of nitrogens with one attached hydrogen (secondary N) is 2. The van der Waals surface area contributed by atoms with Crippen LogP contribution in [0.5, 0.6) is 0 Å². The third kappa shape index (κ3) is 5.22. The van der Waals surface area contributed by atoms with Gasteiger partial charge in [0.15, 0.2) is 0 Å². The average molecular weight is 467 g/mol. The molecular weight excluding hydrogens is 436 g/mol. The number of alkyl carbamates (subject to hydrolysis) is 1. The van der Waals surface area contributed by atoms with Crippen LogP contribution in [-0.2, 0) is 14.3 Å². The van der Waals surface area contributed by atoms with Crippen LogP contribution in [0.3, 0.4) is 0 Å². The Morgan fingerprint density at radius 1 is 1.00 bits per heavy atom. The highest BCUT2D eigenvalue weighted by molar-refractivity contribution is 5.85. The van der Waals surface area contributed by atoms with Gasteiger partial charge < -0.3 is 25.6 Å². The van der Waals surface area contributed by atoms with Crippen molar-refractivity contribution in [3.05, 3.63) is 59.7 Å². The standard InChI is InChI=1S/C26H30N2O6/c29-13-12-23(25(31)32)28-24(30)16-6-5-7-17(14-16)27-26(33)34-15-22-20-10-3-1-8-18(20)19-9-2-4-11-21(19)22/h1-4,8-11,16-17,22-23,29H,5-7,12-15H2,(H,27,33)(H,28,30)(H,31,32)/t16?,17?,23-/m0/s1. The second-order valence-corrected chi connectivity index (χ2v) is 8.94. The van der Waals surface area contributed by atoms with Crippen molar-refractivity contribution in [2.45, 2.75) is 50.1 Å². The molecule has 0 saturated heterocycles. The van der Waals surface area contributed by atoms with Gasteiger partial charge in [-0.15, -0.1) is 0 Å². The molecular formula is C26H30N2O6. The Hall–Kier alpha value is -3.39. The van der Waals surface area contributed by atoms with Crippen molar-refractivity contribution in [2.75, 3.05) is 13.2 Å². The normalized spacial score (nSPS) is 20.0. The lowest BCUT2D eigenvalue weighted by atomic mass is 9.85. The van der Waals surface area contributed by atoms with Gasteiger partial charge in [0, 0.05) is 30.9 Å². The van der Waals surface area contributed by atoms with Crippen LogP contribution >= 0.6 is 0 Å².